The summed E-state index contributed by atoms with van der Waals surface area (Å²) in [6.07, 6.45) is 0.811. The van der Waals surface area contributed by atoms with Gasteiger partial charge in [-0.25, -0.2) is 0 Å². The van der Waals surface area contributed by atoms with E-state index < -0.39 is 9.85 Å². The normalized spacial score (nSPS) is 16.0. The van der Waals surface area contributed by atoms with Gasteiger partial charge in [-0.1, -0.05) is 0 Å². The van der Waals surface area contributed by atoms with Crippen molar-refractivity contribution in [3.63, 3.8) is 0 Å². The van der Waals surface area contributed by atoms with Gasteiger partial charge in [0.2, 0.25) is 0 Å². The maximum absolute atomic E-state index is 12.6. The first-order valence-electron chi connectivity index (χ1n) is 11.1. The van der Waals surface area contributed by atoms with Gasteiger partial charge in [-0.2, -0.15) is 0 Å². The molecule has 0 N–H and O–H groups in total. The van der Waals surface area contributed by atoms with Gasteiger partial charge in [0, 0.05) is 0 Å². The molecule has 3 nitrogen and oxygen atoms in total. The predicted octanol–water partition coefficient (Wildman–Crippen LogP) is 5.73. The number of hydrogen-bond acceptors (Lipinski definition) is 2. The number of amides is 1. The molecule has 0 unspecified atom stereocenters. The van der Waals surface area contributed by atoms with Gasteiger partial charge in [-0.3, -0.25) is 0 Å². The molecule has 0 aliphatic carbocycles. The summed E-state index contributed by atoms with van der Waals surface area (Å²) in [7, 11) is 0. The van der Waals surface area contributed by atoms with Crippen LogP contribution in [0.1, 0.15) is 20.8 Å². The number of benzene rings is 3. The van der Waals surface area contributed by atoms with Crippen molar-refractivity contribution in [2.75, 3.05) is 19.3 Å². The number of ether oxygens (including phenoxy) is 1. The monoisotopic (exact) mass is 559 g/mol. The van der Waals surface area contributed by atoms with Crippen LogP contribution in [0.3, 0.4) is 0 Å². The van der Waals surface area contributed by atoms with Crippen LogP contribution in [-0.2, 0) is 4.74 Å². The molecule has 0 bridgehead atoms. The molecule has 32 heavy (non-hydrogen) atoms. The molecule has 1 amide bonds. The third-order valence-corrected chi connectivity index (χ3v) is 17.6. The Labute approximate surface area is 204 Å². The first-order valence-corrected chi connectivity index (χ1v) is 16.3. The first kappa shape index (κ1) is 23.3. The number of rotatable bonds is 5. The standard InChI is InChI=1S/C27H31INO2P/c1-27(2,3)31-26(30)29-19-22(20-29)21-32(28,23-13-7-4-8-14-23,24-15-9-5-10-16-24)25-17-11-6-12-18-25/h4-18,22H,19-21H2,1-3H3. The summed E-state index contributed by atoms with van der Waals surface area (Å²) in [6.45, 7) is 7.23. The number of likely N-dealkylation sites (tertiary alicyclic amines) is 1. The Hall–Kier alpha value is -1.91. The number of halogens is 1. The van der Waals surface area contributed by atoms with E-state index in [1.165, 1.54) is 15.9 Å². The summed E-state index contributed by atoms with van der Waals surface area (Å²) in [6, 6.07) is 32.9. The van der Waals surface area contributed by atoms with Crippen LogP contribution in [0.15, 0.2) is 91.0 Å². The zero-order chi connectivity index (χ0) is 22.8. The van der Waals surface area contributed by atoms with Crippen LogP contribution in [0.4, 0.5) is 4.79 Å². The molecule has 1 fully saturated rings. The number of carbonyl (C=O) groups excluding carboxylic acids is 1. The van der Waals surface area contributed by atoms with Crippen LogP contribution in [0, 0.1) is 5.92 Å². The molecule has 168 valence electrons. The predicted molar refractivity (Wildman–Crippen MR) is 145 cm³/mol. The molecule has 0 aromatic heterocycles. The van der Waals surface area contributed by atoms with E-state index in [1.807, 2.05) is 25.7 Å². The molecular formula is C27H31INO2P. The van der Waals surface area contributed by atoms with Crippen LogP contribution in [-0.4, -0.2) is 35.8 Å². The average molecular weight is 559 g/mol. The molecular weight excluding hydrogens is 528 g/mol. The minimum absolute atomic E-state index is 0.207. The molecule has 5 heteroatoms. The van der Waals surface area contributed by atoms with E-state index in [-0.39, 0.29) is 6.09 Å². The molecule has 0 radical (unpaired) electrons. The van der Waals surface area contributed by atoms with E-state index in [4.69, 9.17) is 4.74 Å². The fourth-order valence-electron chi connectivity index (χ4n) is 4.63. The van der Waals surface area contributed by atoms with Gasteiger partial charge in [-0.05, 0) is 0 Å². The summed E-state index contributed by atoms with van der Waals surface area (Å²) < 4.78 is 2.80. The Morgan fingerprint density at radius 3 is 1.56 bits per heavy atom. The van der Waals surface area contributed by atoms with Gasteiger partial charge in [0.25, 0.3) is 0 Å². The molecule has 1 saturated heterocycles. The van der Waals surface area contributed by atoms with Crippen LogP contribution >= 0.6 is 26.3 Å². The number of hydrogen-bond donors (Lipinski definition) is 0. The zero-order valence-corrected chi connectivity index (χ0v) is 22.0. The van der Waals surface area contributed by atoms with Crippen molar-refractivity contribution in [2.24, 2.45) is 5.92 Å². The van der Waals surface area contributed by atoms with Gasteiger partial charge < -0.3 is 0 Å². The average Bonchev–Trinajstić information content (AvgIpc) is 2.76. The Morgan fingerprint density at radius 1 is 0.844 bits per heavy atom. The summed E-state index contributed by atoms with van der Waals surface area (Å²) in [5.74, 6) is 0.415. The summed E-state index contributed by atoms with van der Waals surface area (Å²) in [5, 5.41) is 4.15. The fourth-order valence-corrected chi connectivity index (χ4v) is 14.3. The van der Waals surface area contributed by atoms with Crippen molar-refractivity contribution in [1.29, 1.82) is 0 Å². The van der Waals surface area contributed by atoms with E-state index in [9.17, 15) is 4.79 Å². The van der Waals surface area contributed by atoms with Crippen LogP contribution in [0.5, 0.6) is 0 Å². The second-order valence-electron chi connectivity index (χ2n) is 9.62. The molecule has 3 aromatic rings. The molecule has 0 spiro atoms. The Morgan fingerprint density at radius 2 is 1.22 bits per heavy atom. The fraction of sp³-hybridized carbons (Fsp3) is 0.296. The molecule has 1 aliphatic rings. The molecule has 1 heterocycles. The SMILES string of the molecule is CC(C)(C)OC(=O)N1CC(CP(I)(c2ccccc2)(c2ccccc2)c2ccccc2)C1. The van der Waals surface area contributed by atoms with Crippen LogP contribution in [0.25, 0.3) is 0 Å². The van der Waals surface area contributed by atoms with E-state index in [0.717, 1.165) is 19.3 Å². The molecule has 0 saturated carbocycles. The second kappa shape index (κ2) is 8.79. The van der Waals surface area contributed by atoms with Crippen molar-refractivity contribution in [3.05, 3.63) is 91.0 Å². The van der Waals surface area contributed by atoms with Crippen molar-refractivity contribution in [1.82, 2.24) is 4.90 Å². The van der Waals surface area contributed by atoms with Gasteiger partial charge in [0.05, 0.1) is 0 Å². The van der Waals surface area contributed by atoms with E-state index in [0.29, 0.717) is 5.92 Å². The van der Waals surface area contributed by atoms with Crippen molar-refractivity contribution in [3.8, 4) is 0 Å². The maximum atomic E-state index is 12.6. The number of nitrogens with zero attached hydrogens (tertiary/aromatic N) is 1. The third kappa shape index (κ3) is 4.32. The molecule has 4 rings (SSSR count). The molecule has 0 atom stereocenters. The summed E-state index contributed by atoms with van der Waals surface area (Å²) >= 11 is 2.82. The molecule has 1 aliphatic heterocycles. The van der Waals surface area contributed by atoms with Gasteiger partial charge in [0.15, 0.2) is 0 Å². The summed E-state index contributed by atoms with van der Waals surface area (Å²) in [5.41, 5.74) is -0.469. The van der Waals surface area contributed by atoms with E-state index >= 15 is 0 Å². The molecule has 3 aromatic carbocycles. The first-order chi connectivity index (χ1) is 15.2. The second-order valence-corrected chi connectivity index (χ2v) is 20.3. The van der Waals surface area contributed by atoms with Crippen LogP contribution in [0.2, 0.25) is 0 Å². The summed E-state index contributed by atoms with van der Waals surface area (Å²) in [4.78, 5) is 14.4. The zero-order valence-electron chi connectivity index (χ0n) is 18.9. The Balaban J connectivity index is 1.76. The van der Waals surface area contributed by atoms with Crippen LogP contribution < -0.4 is 15.9 Å². The third-order valence-electron chi connectivity index (χ3n) is 6.09. The van der Waals surface area contributed by atoms with Gasteiger partial charge >= 0.3 is 205 Å². The van der Waals surface area contributed by atoms with E-state index in [2.05, 4.69) is 113 Å². The van der Waals surface area contributed by atoms with Gasteiger partial charge in [0.1, 0.15) is 0 Å². The van der Waals surface area contributed by atoms with E-state index in [1.54, 1.807) is 0 Å². The quantitative estimate of drug-likeness (QED) is 0.295. The minimum atomic E-state index is -2.79. The Bertz CT molecular complexity index is 962. The van der Waals surface area contributed by atoms with Crippen molar-refractivity contribution in [2.45, 2.75) is 26.4 Å². The van der Waals surface area contributed by atoms with Gasteiger partial charge in [-0.15, -0.1) is 0 Å². The topological polar surface area (TPSA) is 29.5 Å². The van der Waals surface area contributed by atoms with Crippen molar-refractivity contribution < 1.29 is 9.53 Å². The Kier molecular flexibility index (Phi) is 6.39. The number of carbonyl (C=O) groups is 1. The van der Waals surface area contributed by atoms with Crippen molar-refractivity contribution >= 4 is 48.3 Å².